The van der Waals surface area contributed by atoms with Gasteiger partial charge in [0.2, 0.25) is 0 Å². The van der Waals surface area contributed by atoms with E-state index in [1.54, 1.807) is 55.4 Å². The minimum atomic E-state index is -4.22. The van der Waals surface area contributed by atoms with E-state index in [2.05, 4.69) is 10.6 Å². The quantitative estimate of drug-likeness (QED) is 0.134. The third kappa shape index (κ3) is 12.0. The lowest BCUT2D eigenvalue weighted by Gasteiger charge is -2.40. The summed E-state index contributed by atoms with van der Waals surface area (Å²) in [6.45, 7) is 12.9. The average Bonchev–Trinajstić information content (AvgIpc) is 2.99. The molecule has 2 rings (SSSR count). The predicted molar refractivity (Wildman–Crippen MR) is 201 cm³/mol. The highest BCUT2D eigenvalue weighted by Gasteiger charge is 2.47. The molecule has 0 aromatic heterocycles. The fourth-order valence-corrected chi connectivity index (χ4v) is 10.6. The molecule has 0 heterocycles. The highest BCUT2D eigenvalue weighted by molar-refractivity contribution is 7.54. The molecule has 0 bridgehead atoms. The summed E-state index contributed by atoms with van der Waals surface area (Å²) in [6.07, 6.45) is 0. The number of carbonyl (C=O) groups is 2. The first kappa shape index (κ1) is 44.6. The molecule has 0 fully saturated rings. The van der Waals surface area contributed by atoms with Crippen molar-refractivity contribution in [2.75, 3.05) is 39.5 Å². The van der Waals surface area contributed by atoms with E-state index in [1.165, 1.54) is 46.2 Å². The first-order valence-electron chi connectivity index (χ1n) is 16.3. The van der Waals surface area contributed by atoms with Gasteiger partial charge in [0.25, 0.3) is 0 Å². The van der Waals surface area contributed by atoms with Crippen molar-refractivity contribution in [3.8, 4) is 0 Å². The summed E-state index contributed by atoms with van der Waals surface area (Å²) >= 11 is 25.9. The van der Waals surface area contributed by atoms with E-state index in [0.717, 1.165) is 0 Å². The highest BCUT2D eigenvalue weighted by atomic mass is 35.5. The van der Waals surface area contributed by atoms with Crippen LogP contribution >= 0.6 is 61.6 Å². The molecule has 12 nitrogen and oxygen atoms in total. The van der Waals surface area contributed by atoms with Crippen LogP contribution < -0.4 is 10.6 Å². The second-order valence-electron chi connectivity index (χ2n) is 11.4. The number of amides is 4. The third-order valence-electron chi connectivity index (χ3n) is 6.83. The van der Waals surface area contributed by atoms with Crippen molar-refractivity contribution < 1.29 is 36.8 Å². The smallest absolute Gasteiger partial charge is 0.336 e. The Balaban J connectivity index is 2.94. The molecule has 0 aliphatic rings. The number of carbonyl (C=O) groups excluding carboxylic acids is 2. The molecule has 2 N–H and O–H groups in total. The molecule has 0 spiro atoms. The van der Waals surface area contributed by atoms with Gasteiger partial charge >= 0.3 is 27.3 Å². The molecule has 18 heteroatoms. The van der Waals surface area contributed by atoms with Crippen LogP contribution in [0.1, 0.15) is 78.1 Å². The van der Waals surface area contributed by atoms with Gasteiger partial charge in [-0.2, -0.15) is 0 Å². The van der Waals surface area contributed by atoms with Crippen LogP contribution in [-0.4, -0.2) is 73.5 Å². The normalized spacial score (nSPS) is 13.3. The molecule has 282 valence electrons. The zero-order valence-electron chi connectivity index (χ0n) is 29.6. The maximum absolute atomic E-state index is 14.7. The van der Waals surface area contributed by atoms with Crippen LogP contribution in [0.5, 0.6) is 0 Å². The van der Waals surface area contributed by atoms with Crippen molar-refractivity contribution in [1.82, 2.24) is 20.4 Å². The lowest BCUT2D eigenvalue weighted by molar-refractivity contribution is 0.135. The molecule has 0 saturated carbocycles. The molecule has 2 aromatic rings. The Morgan fingerprint density at radius 1 is 0.620 bits per heavy atom. The first-order chi connectivity index (χ1) is 23.5. The van der Waals surface area contributed by atoms with Crippen LogP contribution in [0.4, 0.5) is 9.59 Å². The summed E-state index contributed by atoms with van der Waals surface area (Å²) in [6, 6.07) is 7.00. The van der Waals surface area contributed by atoms with Crippen LogP contribution in [0.15, 0.2) is 36.4 Å². The molecule has 2 aromatic carbocycles. The van der Waals surface area contributed by atoms with E-state index in [9.17, 15) is 18.7 Å². The van der Waals surface area contributed by atoms with Gasteiger partial charge in [-0.15, -0.1) is 0 Å². The summed E-state index contributed by atoms with van der Waals surface area (Å²) in [4.78, 5) is 30.8. The van der Waals surface area contributed by atoms with Gasteiger partial charge in [-0.05, 0) is 79.7 Å². The first-order valence-corrected chi connectivity index (χ1v) is 21.0. The Bertz CT molecular complexity index is 1410. The number of hydrogen-bond acceptors (Lipinski definition) is 8. The second kappa shape index (κ2) is 20.6. The van der Waals surface area contributed by atoms with Crippen LogP contribution in [-0.2, 0) is 27.2 Å². The monoisotopic (exact) mass is 818 g/mol. The standard InChI is InChI=1S/C32H48Cl4N4O8P2/c1-9-45-49(43,46-10-2)29(25-15-13-23(33)19-27(25)35)39(31(41)37-21(5)6)17-18-40(32(42)38-22(7)8)30(50(44,47-11-3)48-12-4)26-16-14-24(34)20-28(26)36/h13-16,19-22,29-30H,9-12,17-18H2,1-8H3,(H,37,41)(H,38,42). The van der Waals surface area contributed by atoms with Crippen LogP contribution in [0.3, 0.4) is 0 Å². The van der Waals surface area contributed by atoms with Gasteiger partial charge in [0, 0.05) is 56.4 Å². The maximum atomic E-state index is 14.7. The number of urea groups is 2. The van der Waals surface area contributed by atoms with Crippen LogP contribution in [0.2, 0.25) is 20.1 Å². The predicted octanol–water partition coefficient (Wildman–Crippen LogP) is 10.4. The Kier molecular flexibility index (Phi) is 18.4. The summed E-state index contributed by atoms with van der Waals surface area (Å²) in [5, 5.41) is 6.49. The van der Waals surface area contributed by atoms with Gasteiger partial charge < -0.3 is 38.5 Å². The van der Waals surface area contributed by atoms with Crippen molar-refractivity contribution in [2.45, 2.75) is 79.0 Å². The van der Waals surface area contributed by atoms with Crippen molar-refractivity contribution in [3.63, 3.8) is 0 Å². The fraction of sp³-hybridized carbons (Fsp3) is 0.562. The van der Waals surface area contributed by atoms with E-state index < -0.39 is 38.8 Å². The van der Waals surface area contributed by atoms with Crippen molar-refractivity contribution in [1.29, 1.82) is 0 Å². The number of nitrogens with one attached hydrogen (secondary N) is 2. The largest absolute Gasteiger partial charge is 0.357 e. The molecule has 0 aliphatic carbocycles. The zero-order chi connectivity index (χ0) is 37.8. The lowest BCUT2D eigenvalue weighted by Crippen LogP contribution is -2.51. The maximum Gasteiger partial charge on any atom is 0.357 e. The number of hydrogen-bond donors (Lipinski definition) is 2. The topological polar surface area (TPSA) is 136 Å². The molecule has 4 amide bonds. The van der Waals surface area contributed by atoms with Crippen LogP contribution in [0.25, 0.3) is 0 Å². The SMILES string of the molecule is CCOP(=O)(OCC)C(c1ccc(Cl)cc1Cl)N(CCN(C(=O)NC(C)C)C(c1ccc(Cl)cc1Cl)P(=O)(OCC)OCC)C(=O)NC(C)C. The Morgan fingerprint density at radius 3 is 1.16 bits per heavy atom. The van der Waals surface area contributed by atoms with Crippen molar-refractivity contribution in [3.05, 3.63) is 67.6 Å². The molecule has 0 saturated heterocycles. The zero-order valence-corrected chi connectivity index (χ0v) is 34.4. The van der Waals surface area contributed by atoms with Gasteiger partial charge in [0.15, 0.2) is 11.6 Å². The third-order valence-corrected chi connectivity index (χ3v) is 12.7. The van der Waals surface area contributed by atoms with E-state index >= 15 is 0 Å². The summed E-state index contributed by atoms with van der Waals surface area (Å²) in [7, 11) is -8.45. The Morgan fingerprint density at radius 2 is 0.920 bits per heavy atom. The minimum absolute atomic E-state index is 0.0232. The second-order valence-corrected chi connectivity index (χ2v) is 17.3. The summed E-state index contributed by atoms with van der Waals surface area (Å²) in [5.41, 5.74) is 0.454. The van der Waals surface area contributed by atoms with Crippen molar-refractivity contribution >= 4 is 73.7 Å². The lowest BCUT2D eigenvalue weighted by atomic mass is 10.2. The Labute approximate surface area is 315 Å². The molecule has 2 unspecified atom stereocenters. The van der Waals surface area contributed by atoms with Gasteiger partial charge in [-0.1, -0.05) is 58.5 Å². The molecule has 2 atom stereocenters. The molecular formula is C32H48Cl4N4O8P2. The summed E-state index contributed by atoms with van der Waals surface area (Å²) in [5.74, 6) is -2.83. The molecule has 0 aliphatic heterocycles. The molecule has 0 radical (unpaired) electrons. The van der Waals surface area contributed by atoms with Crippen LogP contribution in [0, 0.1) is 0 Å². The Hall–Kier alpha value is -1.56. The van der Waals surface area contributed by atoms with Gasteiger partial charge in [-0.3, -0.25) is 9.13 Å². The average molecular weight is 821 g/mol. The molecule has 50 heavy (non-hydrogen) atoms. The van der Waals surface area contributed by atoms with Gasteiger partial charge in [0.05, 0.1) is 26.4 Å². The van der Waals surface area contributed by atoms with E-state index in [0.29, 0.717) is 10.0 Å². The van der Waals surface area contributed by atoms with Crippen molar-refractivity contribution in [2.24, 2.45) is 0 Å². The van der Waals surface area contributed by atoms with E-state index in [-0.39, 0.29) is 72.8 Å². The number of halogens is 4. The fourth-order valence-electron chi connectivity index (χ4n) is 5.06. The summed E-state index contributed by atoms with van der Waals surface area (Å²) < 4.78 is 52.6. The number of nitrogens with zero attached hydrogens (tertiary/aromatic N) is 2. The molecular weight excluding hydrogens is 772 g/mol. The number of rotatable bonds is 19. The van der Waals surface area contributed by atoms with E-state index in [4.69, 9.17) is 64.5 Å². The number of benzene rings is 2. The van der Waals surface area contributed by atoms with Gasteiger partial charge in [-0.25, -0.2) is 9.59 Å². The van der Waals surface area contributed by atoms with Gasteiger partial charge in [0.1, 0.15) is 0 Å². The van der Waals surface area contributed by atoms with E-state index in [1.807, 2.05) is 0 Å². The minimum Gasteiger partial charge on any atom is -0.336 e. The highest BCUT2D eigenvalue weighted by Crippen LogP contribution is 2.65.